The molecule has 1 aromatic carbocycles. The fourth-order valence-electron chi connectivity index (χ4n) is 3.94. The van der Waals surface area contributed by atoms with Gasteiger partial charge in [0.2, 0.25) is 0 Å². The van der Waals surface area contributed by atoms with Crippen molar-refractivity contribution in [1.82, 2.24) is 9.80 Å². The van der Waals surface area contributed by atoms with E-state index in [-0.39, 0.29) is 16.9 Å². The maximum Gasteiger partial charge on any atom is 0.295 e. The Morgan fingerprint density at radius 3 is 2.68 bits per heavy atom. The number of nitrogens with zero attached hydrogens (tertiary/aromatic N) is 2. The summed E-state index contributed by atoms with van der Waals surface area (Å²) in [6, 6.07) is 7.21. The van der Waals surface area contributed by atoms with Gasteiger partial charge in [0.15, 0.2) is 0 Å². The number of carbonyl (C=O) groups excluding carboxylic acids is 2. The number of hydrogen-bond donors (Lipinski definition) is 1. The Hall–Kier alpha value is -2.81. The van der Waals surface area contributed by atoms with Gasteiger partial charge in [-0.15, -0.1) is 0 Å². The number of furan rings is 1. The Balaban J connectivity index is 1.74. The van der Waals surface area contributed by atoms with Crippen LogP contribution in [0.15, 0.2) is 46.6 Å². The van der Waals surface area contributed by atoms with Crippen molar-refractivity contribution in [2.45, 2.75) is 6.04 Å². The van der Waals surface area contributed by atoms with Crippen LogP contribution in [0.4, 0.5) is 0 Å². The maximum atomic E-state index is 13.0. The zero-order valence-corrected chi connectivity index (χ0v) is 17.8. The molecule has 2 fully saturated rings. The van der Waals surface area contributed by atoms with Crippen LogP contribution in [0.3, 0.4) is 0 Å². The summed E-state index contributed by atoms with van der Waals surface area (Å²) in [5, 5.41) is 11.5. The lowest BCUT2D eigenvalue weighted by molar-refractivity contribution is -0.140. The van der Waals surface area contributed by atoms with Gasteiger partial charge in [-0.05, 0) is 30.3 Å². The Bertz CT molecular complexity index is 997. The molecule has 8 nitrogen and oxygen atoms in total. The number of benzene rings is 1. The summed E-state index contributed by atoms with van der Waals surface area (Å²) in [4.78, 5) is 29.6. The molecule has 1 N–H and O–H groups in total. The highest BCUT2D eigenvalue weighted by Gasteiger charge is 2.47. The normalized spacial score (nSPS) is 21.6. The van der Waals surface area contributed by atoms with Crippen molar-refractivity contribution < 1.29 is 28.6 Å². The van der Waals surface area contributed by atoms with Crippen molar-refractivity contribution in [3.05, 3.63) is 58.5 Å². The van der Waals surface area contributed by atoms with Gasteiger partial charge < -0.3 is 23.9 Å². The highest BCUT2D eigenvalue weighted by atomic mass is 35.5. The number of halogens is 1. The van der Waals surface area contributed by atoms with E-state index in [9.17, 15) is 14.7 Å². The van der Waals surface area contributed by atoms with E-state index in [0.717, 1.165) is 13.1 Å². The molecule has 1 aromatic heterocycles. The van der Waals surface area contributed by atoms with Crippen molar-refractivity contribution in [3.8, 4) is 5.75 Å². The van der Waals surface area contributed by atoms with Crippen LogP contribution in [0.1, 0.15) is 17.4 Å². The van der Waals surface area contributed by atoms with Gasteiger partial charge in [0.05, 0.1) is 37.7 Å². The summed E-state index contributed by atoms with van der Waals surface area (Å²) in [5.74, 6) is -1.09. The molecule has 0 bridgehead atoms. The molecular weight excluding hydrogens is 424 g/mol. The lowest BCUT2D eigenvalue weighted by atomic mass is 9.99. The van der Waals surface area contributed by atoms with E-state index in [1.54, 1.807) is 24.3 Å². The second-order valence-electron chi connectivity index (χ2n) is 7.31. The Morgan fingerprint density at radius 2 is 2.00 bits per heavy atom. The average Bonchev–Trinajstić information content (AvgIpc) is 3.40. The Morgan fingerprint density at radius 1 is 1.23 bits per heavy atom. The second-order valence-corrected chi connectivity index (χ2v) is 7.74. The number of Topliss-reactive ketones (excluding diaryl/α,β-unsaturated/α-hetero) is 1. The fraction of sp³-hybridized carbons (Fsp3) is 0.364. The largest absolute Gasteiger partial charge is 0.507 e. The van der Waals surface area contributed by atoms with E-state index < -0.39 is 17.7 Å². The summed E-state index contributed by atoms with van der Waals surface area (Å²) in [6.45, 7) is 3.67. The molecule has 0 saturated carbocycles. The van der Waals surface area contributed by atoms with Crippen LogP contribution in [0, 0.1) is 0 Å². The number of ether oxygens (including phenoxy) is 2. The van der Waals surface area contributed by atoms with Crippen LogP contribution in [-0.4, -0.2) is 73.1 Å². The number of methoxy groups -OCH3 is 1. The fourth-order valence-corrected chi connectivity index (χ4v) is 4.11. The number of carbonyl (C=O) groups is 2. The number of aliphatic hydroxyl groups excluding tert-OH is 1. The highest BCUT2D eigenvalue weighted by Crippen LogP contribution is 2.41. The molecule has 31 heavy (non-hydrogen) atoms. The number of morpholine rings is 1. The van der Waals surface area contributed by atoms with Crippen LogP contribution >= 0.6 is 11.6 Å². The van der Waals surface area contributed by atoms with Crippen molar-refractivity contribution >= 4 is 29.1 Å². The Labute approximate surface area is 184 Å². The first-order chi connectivity index (χ1) is 15.0. The third-order valence-corrected chi connectivity index (χ3v) is 5.77. The Kier molecular flexibility index (Phi) is 6.31. The maximum absolute atomic E-state index is 13.0. The van der Waals surface area contributed by atoms with Gasteiger partial charge >= 0.3 is 0 Å². The molecule has 1 unspecified atom stereocenters. The van der Waals surface area contributed by atoms with Crippen LogP contribution in [0.5, 0.6) is 5.75 Å². The summed E-state index contributed by atoms with van der Waals surface area (Å²) in [6.07, 6.45) is 1.47. The van der Waals surface area contributed by atoms with E-state index in [0.29, 0.717) is 42.8 Å². The standard InChI is InChI=1S/C22H23ClN2O6/c1-29-16-5-4-14(23)13-15(16)20(26)18-19(17-3-2-10-31-17)25(22(28)21(18)27)7-6-24-8-11-30-12-9-24/h2-5,10,13,19,26H,6-9,11-12H2,1H3/b20-18+. The molecule has 3 heterocycles. The number of aliphatic hydroxyl groups is 1. The minimum atomic E-state index is -0.847. The van der Waals surface area contributed by atoms with Crippen molar-refractivity contribution in [2.75, 3.05) is 46.5 Å². The molecule has 4 rings (SSSR count). The molecule has 1 atom stereocenters. The van der Waals surface area contributed by atoms with Gasteiger partial charge in [-0.25, -0.2) is 0 Å². The monoisotopic (exact) mass is 446 g/mol. The number of hydrogen-bond acceptors (Lipinski definition) is 7. The molecule has 9 heteroatoms. The SMILES string of the molecule is COc1ccc(Cl)cc1/C(O)=C1\C(=O)C(=O)N(CCN2CCOCC2)C1c1ccco1. The molecule has 0 radical (unpaired) electrons. The molecule has 1 amide bonds. The van der Waals surface area contributed by atoms with Gasteiger partial charge in [0, 0.05) is 31.2 Å². The lowest BCUT2D eigenvalue weighted by Gasteiger charge is -2.30. The van der Waals surface area contributed by atoms with Gasteiger partial charge in [0.25, 0.3) is 11.7 Å². The predicted octanol–water partition coefficient (Wildman–Crippen LogP) is 2.70. The quantitative estimate of drug-likeness (QED) is 0.414. The molecule has 2 aliphatic rings. The van der Waals surface area contributed by atoms with Gasteiger partial charge in [0.1, 0.15) is 23.3 Å². The van der Waals surface area contributed by atoms with Gasteiger partial charge in [-0.2, -0.15) is 0 Å². The minimum Gasteiger partial charge on any atom is -0.507 e. The van der Waals surface area contributed by atoms with Crippen molar-refractivity contribution in [2.24, 2.45) is 0 Å². The molecule has 0 spiro atoms. The van der Waals surface area contributed by atoms with Crippen LogP contribution in [-0.2, 0) is 14.3 Å². The van der Waals surface area contributed by atoms with E-state index >= 15 is 0 Å². The van der Waals surface area contributed by atoms with Crippen LogP contribution in [0.25, 0.3) is 5.76 Å². The summed E-state index contributed by atoms with van der Waals surface area (Å²) in [7, 11) is 1.45. The molecule has 2 saturated heterocycles. The zero-order chi connectivity index (χ0) is 22.0. The molecule has 2 aromatic rings. The smallest absolute Gasteiger partial charge is 0.295 e. The predicted molar refractivity (Wildman–Crippen MR) is 113 cm³/mol. The van der Waals surface area contributed by atoms with Crippen LogP contribution < -0.4 is 4.74 Å². The van der Waals surface area contributed by atoms with E-state index in [1.165, 1.54) is 24.3 Å². The first-order valence-corrected chi connectivity index (χ1v) is 10.3. The number of rotatable bonds is 6. The van der Waals surface area contributed by atoms with Crippen molar-refractivity contribution in [1.29, 1.82) is 0 Å². The molecule has 2 aliphatic heterocycles. The topological polar surface area (TPSA) is 92.5 Å². The summed E-state index contributed by atoms with van der Waals surface area (Å²) < 4.78 is 16.2. The van der Waals surface area contributed by atoms with Gasteiger partial charge in [-0.3, -0.25) is 14.5 Å². The molecule has 164 valence electrons. The van der Waals surface area contributed by atoms with Crippen molar-refractivity contribution in [3.63, 3.8) is 0 Å². The minimum absolute atomic E-state index is 0.0532. The molecule has 0 aliphatic carbocycles. The third-order valence-electron chi connectivity index (χ3n) is 5.53. The van der Waals surface area contributed by atoms with E-state index in [4.69, 9.17) is 25.5 Å². The lowest BCUT2D eigenvalue weighted by Crippen LogP contribution is -2.42. The first-order valence-electron chi connectivity index (χ1n) is 9.97. The van der Waals surface area contributed by atoms with E-state index in [1.807, 2.05) is 0 Å². The average molecular weight is 447 g/mol. The first kappa shape index (κ1) is 21.4. The number of ketones is 1. The summed E-state index contributed by atoms with van der Waals surface area (Å²) in [5.41, 5.74) is 0.181. The third kappa shape index (κ3) is 4.19. The number of likely N-dealkylation sites (tertiary alicyclic amines) is 1. The summed E-state index contributed by atoms with van der Waals surface area (Å²) >= 11 is 6.10. The second kappa shape index (κ2) is 9.13. The highest BCUT2D eigenvalue weighted by molar-refractivity contribution is 6.46. The zero-order valence-electron chi connectivity index (χ0n) is 17.0. The van der Waals surface area contributed by atoms with E-state index in [2.05, 4.69) is 4.90 Å². The van der Waals surface area contributed by atoms with Gasteiger partial charge in [-0.1, -0.05) is 11.6 Å². The molecular formula is C22H23ClN2O6. The van der Waals surface area contributed by atoms with Crippen LogP contribution in [0.2, 0.25) is 5.02 Å². The number of amides is 1.